The van der Waals surface area contributed by atoms with Gasteiger partial charge in [0.2, 0.25) is 5.95 Å². The smallest absolute Gasteiger partial charge is 0.246 e. The number of benzene rings is 2. The van der Waals surface area contributed by atoms with Gasteiger partial charge < -0.3 is 5.32 Å². The normalized spacial score (nSPS) is 10.5. The van der Waals surface area contributed by atoms with E-state index in [1.165, 1.54) is 12.1 Å². The first-order valence-electron chi connectivity index (χ1n) is 5.92. The predicted octanol–water partition coefficient (Wildman–Crippen LogP) is 4.01. The van der Waals surface area contributed by atoms with E-state index in [1.54, 1.807) is 24.3 Å². The highest BCUT2D eigenvalue weighted by Crippen LogP contribution is 2.20. The second-order valence-corrected chi connectivity index (χ2v) is 4.59. The molecule has 0 saturated carbocycles. The quantitative estimate of drug-likeness (QED) is 0.766. The Morgan fingerprint density at radius 1 is 1.10 bits per heavy atom. The lowest BCUT2D eigenvalue weighted by molar-refractivity contribution is 0.628. The van der Waals surface area contributed by atoms with E-state index >= 15 is 0 Å². The lowest BCUT2D eigenvalue weighted by Crippen LogP contribution is -1.91. The summed E-state index contributed by atoms with van der Waals surface area (Å²) in [6.45, 7) is 0. The molecule has 0 amide bonds. The Bertz CT molecular complexity index is 724. The third-order valence-corrected chi connectivity index (χ3v) is 2.94. The van der Waals surface area contributed by atoms with E-state index in [0.29, 0.717) is 22.4 Å². The zero-order chi connectivity index (χ0) is 13.9. The Kier molecular flexibility index (Phi) is 3.35. The second kappa shape index (κ2) is 5.30. The van der Waals surface area contributed by atoms with E-state index in [9.17, 15) is 4.39 Å². The number of aromatic amines is 1. The van der Waals surface area contributed by atoms with Crippen molar-refractivity contribution in [2.45, 2.75) is 0 Å². The average Bonchev–Trinajstić information content (AvgIpc) is 2.90. The van der Waals surface area contributed by atoms with Gasteiger partial charge in [-0.25, -0.2) is 4.39 Å². The molecule has 2 aromatic carbocycles. The Morgan fingerprint density at radius 2 is 1.90 bits per heavy atom. The highest BCUT2D eigenvalue weighted by molar-refractivity contribution is 6.30. The Labute approximate surface area is 119 Å². The fraction of sp³-hybridized carbons (Fsp3) is 0. The van der Waals surface area contributed by atoms with Gasteiger partial charge in [-0.3, -0.25) is 5.10 Å². The van der Waals surface area contributed by atoms with Gasteiger partial charge in [0, 0.05) is 16.3 Å². The lowest BCUT2D eigenvalue weighted by atomic mass is 10.2. The summed E-state index contributed by atoms with van der Waals surface area (Å²) in [5.41, 5.74) is 1.46. The number of hydrogen-bond donors (Lipinski definition) is 2. The van der Waals surface area contributed by atoms with E-state index in [0.717, 1.165) is 5.69 Å². The highest BCUT2D eigenvalue weighted by atomic mass is 35.5. The third kappa shape index (κ3) is 2.78. The van der Waals surface area contributed by atoms with Crippen molar-refractivity contribution in [1.29, 1.82) is 0 Å². The summed E-state index contributed by atoms with van der Waals surface area (Å²) in [6.07, 6.45) is 0. The van der Waals surface area contributed by atoms with E-state index in [1.807, 2.05) is 12.1 Å². The van der Waals surface area contributed by atoms with Gasteiger partial charge in [0.05, 0.1) is 0 Å². The van der Waals surface area contributed by atoms with Crippen LogP contribution in [0.2, 0.25) is 5.02 Å². The number of rotatable bonds is 3. The maximum Gasteiger partial charge on any atom is 0.246 e. The summed E-state index contributed by atoms with van der Waals surface area (Å²) < 4.78 is 13.2. The standard InChI is InChI=1S/C14H10ClFN4/c15-10-4-6-12(7-5-10)17-14-18-13(19-20-14)9-2-1-3-11(16)8-9/h1-8H,(H2,17,18,19,20). The molecule has 4 nitrogen and oxygen atoms in total. The summed E-state index contributed by atoms with van der Waals surface area (Å²) >= 11 is 5.81. The van der Waals surface area contributed by atoms with Crippen LogP contribution < -0.4 is 5.32 Å². The zero-order valence-corrected chi connectivity index (χ0v) is 11.0. The number of anilines is 2. The molecule has 0 bridgehead atoms. The summed E-state index contributed by atoms with van der Waals surface area (Å²) in [4.78, 5) is 4.26. The fourth-order valence-electron chi connectivity index (χ4n) is 1.74. The molecule has 2 N–H and O–H groups in total. The third-order valence-electron chi connectivity index (χ3n) is 2.68. The maximum atomic E-state index is 13.2. The van der Waals surface area contributed by atoms with Crippen LogP contribution in [0.15, 0.2) is 48.5 Å². The van der Waals surface area contributed by atoms with Crippen LogP contribution >= 0.6 is 11.6 Å². The van der Waals surface area contributed by atoms with Crippen LogP contribution in [0.25, 0.3) is 11.4 Å². The number of nitrogens with one attached hydrogen (secondary N) is 2. The van der Waals surface area contributed by atoms with Crippen LogP contribution in [0.5, 0.6) is 0 Å². The van der Waals surface area contributed by atoms with Crippen molar-refractivity contribution in [3.05, 3.63) is 59.4 Å². The predicted molar refractivity (Wildman–Crippen MR) is 76.5 cm³/mol. The van der Waals surface area contributed by atoms with E-state index < -0.39 is 0 Å². The van der Waals surface area contributed by atoms with Crippen molar-refractivity contribution < 1.29 is 4.39 Å². The summed E-state index contributed by atoms with van der Waals surface area (Å²) in [6, 6.07) is 13.3. The van der Waals surface area contributed by atoms with Gasteiger partial charge >= 0.3 is 0 Å². The SMILES string of the molecule is Fc1cccc(-c2nc(Nc3ccc(Cl)cc3)n[nH]2)c1. The molecule has 6 heteroatoms. The molecule has 3 aromatic rings. The monoisotopic (exact) mass is 288 g/mol. The highest BCUT2D eigenvalue weighted by Gasteiger charge is 2.06. The molecular formula is C14H10ClFN4. The molecular weight excluding hydrogens is 279 g/mol. The minimum absolute atomic E-state index is 0.314. The molecule has 0 radical (unpaired) electrons. The van der Waals surface area contributed by atoms with Gasteiger partial charge in [0.25, 0.3) is 0 Å². The molecule has 20 heavy (non-hydrogen) atoms. The van der Waals surface area contributed by atoms with E-state index in [-0.39, 0.29) is 5.82 Å². The van der Waals surface area contributed by atoms with Crippen molar-refractivity contribution in [3.8, 4) is 11.4 Å². The molecule has 1 aromatic heterocycles. The second-order valence-electron chi connectivity index (χ2n) is 4.15. The molecule has 100 valence electrons. The molecule has 3 rings (SSSR count). The molecule has 0 unspecified atom stereocenters. The van der Waals surface area contributed by atoms with Gasteiger partial charge in [-0.1, -0.05) is 23.7 Å². The largest absolute Gasteiger partial charge is 0.323 e. The summed E-state index contributed by atoms with van der Waals surface area (Å²) in [5.74, 6) is 0.596. The number of nitrogens with zero attached hydrogens (tertiary/aromatic N) is 2. The van der Waals surface area contributed by atoms with Crippen molar-refractivity contribution in [2.24, 2.45) is 0 Å². The fourth-order valence-corrected chi connectivity index (χ4v) is 1.87. The van der Waals surface area contributed by atoms with Gasteiger partial charge in [0.1, 0.15) is 5.82 Å². The van der Waals surface area contributed by atoms with Crippen molar-refractivity contribution in [2.75, 3.05) is 5.32 Å². The van der Waals surface area contributed by atoms with Gasteiger partial charge in [-0.15, -0.1) is 5.10 Å². The Hall–Kier alpha value is -2.40. The minimum Gasteiger partial charge on any atom is -0.323 e. The molecule has 0 aliphatic carbocycles. The zero-order valence-electron chi connectivity index (χ0n) is 10.3. The Balaban J connectivity index is 1.82. The van der Waals surface area contributed by atoms with Crippen molar-refractivity contribution in [1.82, 2.24) is 15.2 Å². The van der Waals surface area contributed by atoms with Crippen LogP contribution in [0.4, 0.5) is 16.0 Å². The average molecular weight is 289 g/mol. The molecule has 0 aliphatic heterocycles. The maximum absolute atomic E-state index is 13.2. The molecule has 0 fully saturated rings. The number of aromatic nitrogens is 3. The molecule has 1 heterocycles. The van der Waals surface area contributed by atoms with Crippen LogP contribution in [-0.4, -0.2) is 15.2 Å². The van der Waals surface area contributed by atoms with Crippen molar-refractivity contribution in [3.63, 3.8) is 0 Å². The first-order chi connectivity index (χ1) is 9.70. The van der Waals surface area contributed by atoms with Crippen LogP contribution in [-0.2, 0) is 0 Å². The number of H-pyrrole nitrogens is 1. The van der Waals surface area contributed by atoms with E-state index in [4.69, 9.17) is 11.6 Å². The van der Waals surface area contributed by atoms with Gasteiger partial charge in [0.15, 0.2) is 5.82 Å². The van der Waals surface area contributed by atoms with Crippen LogP contribution in [0.1, 0.15) is 0 Å². The first-order valence-corrected chi connectivity index (χ1v) is 6.29. The molecule has 0 saturated heterocycles. The van der Waals surface area contributed by atoms with E-state index in [2.05, 4.69) is 20.5 Å². The van der Waals surface area contributed by atoms with Gasteiger partial charge in [-0.05, 0) is 36.4 Å². The minimum atomic E-state index is -0.314. The Morgan fingerprint density at radius 3 is 2.65 bits per heavy atom. The number of halogens is 2. The van der Waals surface area contributed by atoms with Crippen LogP contribution in [0, 0.1) is 5.82 Å². The van der Waals surface area contributed by atoms with Gasteiger partial charge in [-0.2, -0.15) is 4.98 Å². The number of hydrogen-bond acceptors (Lipinski definition) is 3. The molecule has 0 spiro atoms. The molecule has 0 atom stereocenters. The first kappa shape index (κ1) is 12.6. The topological polar surface area (TPSA) is 53.6 Å². The molecule has 0 aliphatic rings. The summed E-state index contributed by atoms with van der Waals surface area (Å²) in [7, 11) is 0. The lowest BCUT2D eigenvalue weighted by Gasteiger charge is -2.00. The van der Waals surface area contributed by atoms with Crippen molar-refractivity contribution >= 4 is 23.2 Å². The summed E-state index contributed by atoms with van der Waals surface area (Å²) in [5, 5.41) is 10.5. The van der Waals surface area contributed by atoms with Crippen LogP contribution in [0.3, 0.4) is 0 Å².